The molecule has 20 heavy (non-hydrogen) atoms. The maximum atomic E-state index is 6.04. The van der Waals surface area contributed by atoms with Crippen molar-refractivity contribution in [2.45, 2.75) is 39.7 Å². The normalized spacial score (nSPS) is 20.1. The van der Waals surface area contributed by atoms with Gasteiger partial charge in [-0.15, -0.1) is 0 Å². The van der Waals surface area contributed by atoms with E-state index in [9.17, 15) is 0 Å². The van der Waals surface area contributed by atoms with Crippen LogP contribution in [0.1, 0.15) is 45.2 Å². The molecular weight excluding hydrogens is 312 g/mol. The van der Waals surface area contributed by atoms with E-state index in [-0.39, 0.29) is 0 Å². The third-order valence-electron chi connectivity index (χ3n) is 4.67. The number of likely N-dealkylation sites (tertiary alicyclic amines) is 1. The molecule has 2 rings (SSSR count). The molecule has 0 bridgehead atoms. The predicted molar refractivity (Wildman–Crippen MR) is 89.7 cm³/mol. The lowest BCUT2D eigenvalue weighted by Gasteiger charge is -2.41. The van der Waals surface area contributed by atoms with Crippen LogP contribution >= 0.6 is 15.9 Å². The average molecular weight is 339 g/mol. The minimum atomic E-state index is 0.365. The summed E-state index contributed by atoms with van der Waals surface area (Å²) in [4.78, 5) is 2.56. The highest BCUT2D eigenvalue weighted by Crippen LogP contribution is 2.36. The van der Waals surface area contributed by atoms with Crippen molar-refractivity contribution in [3.8, 4) is 0 Å². The fourth-order valence-electron chi connectivity index (χ4n) is 3.26. The van der Waals surface area contributed by atoms with Gasteiger partial charge in [0.05, 0.1) is 0 Å². The summed E-state index contributed by atoms with van der Waals surface area (Å²) >= 11 is 3.50. The lowest BCUT2D eigenvalue weighted by Crippen LogP contribution is -2.42. The predicted octanol–water partition coefficient (Wildman–Crippen LogP) is 4.21. The molecule has 2 nitrogen and oxygen atoms in total. The van der Waals surface area contributed by atoms with Crippen molar-refractivity contribution in [2.24, 2.45) is 17.1 Å². The number of nitrogens with two attached hydrogens (primary N) is 1. The minimum Gasteiger partial charge on any atom is -0.329 e. The molecule has 1 unspecified atom stereocenters. The Kier molecular flexibility index (Phi) is 5.27. The van der Waals surface area contributed by atoms with E-state index < -0.39 is 0 Å². The summed E-state index contributed by atoms with van der Waals surface area (Å²) in [6.07, 6.45) is 2.58. The van der Waals surface area contributed by atoms with Crippen LogP contribution in [0.15, 0.2) is 28.7 Å². The zero-order valence-electron chi connectivity index (χ0n) is 12.9. The highest BCUT2D eigenvalue weighted by atomic mass is 79.9. The number of rotatable bonds is 3. The number of benzene rings is 1. The van der Waals surface area contributed by atoms with Crippen molar-refractivity contribution in [1.82, 2.24) is 4.90 Å². The van der Waals surface area contributed by atoms with Crippen molar-refractivity contribution < 1.29 is 0 Å². The fourth-order valence-corrected chi connectivity index (χ4v) is 3.52. The first-order valence-corrected chi connectivity index (χ1v) is 8.40. The number of halogens is 1. The van der Waals surface area contributed by atoms with Crippen LogP contribution in [0.25, 0.3) is 0 Å². The Bertz CT molecular complexity index is 414. The quantitative estimate of drug-likeness (QED) is 0.894. The van der Waals surface area contributed by atoms with Crippen LogP contribution < -0.4 is 5.73 Å². The first-order chi connectivity index (χ1) is 9.41. The molecule has 2 N–H and O–H groups in total. The molecule has 0 saturated carbocycles. The van der Waals surface area contributed by atoms with Crippen molar-refractivity contribution in [3.63, 3.8) is 0 Å². The molecule has 0 aliphatic carbocycles. The second-order valence-corrected chi connectivity index (χ2v) is 7.89. The Morgan fingerprint density at radius 2 is 1.75 bits per heavy atom. The van der Waals surface area contributed by atoms with Gasteiger partial charge in [-0.1, -0.05) is 48.8 Å². The van der Waals surface area contributed by atoms with E-state index in [2.05, 4.69) is 65.9 Å². The zero-order chi connectivity index (χ0) is 14.8. The minimum absolute atomic E-state index is 0.365. The smallest absolute Gasteiger partial charge is 0.0470 e. The number of piperidine rings is 1. The van der Waals surface area contributed by atoms with E-state index in [0.717, 1.165) is 10.4 Å². The topological polar surface area (TPSA) is 29.3 Å². The number of hydrogen-bond donors (Lipinski definition) is 1. The molecule has 112 valence electrons. The van der Waals surface area contributed by atoms with Gasteiger partial charge in [0.2, 0.25) is 0 Å². The standard InChI is InChI=1S/C17H27BrN2/c1-17(2,3)14-8-10-20(11-9-14)16(12-19)13-4-6-15(18)7-5-13/h4-7,14,16H,8-12,19H2,1-3H3. The van der Waals surface area contributed by atoms with Crippen molar-refractivity contribution >= 4 is 15.9 Å². The maximum absolute atomic E-state index is 6.04. The van der Waals surface area contributed by atoms with Gasteiger partial charge in [0.25, 0.3) is 0 Å². The Morgan fingerprint density at radius 1 is 1.20 bits per heavy atom. The summed E-state index contributed by atoms with van der Waals surface area (Å²) in [5, 5.41) is 0. The lowest BCUT2D eigenvalue weighted by molar-refractivity contribution is 0.0846. The maximum Gasteiger partial charge on any atom is 0.0470 e. The van der Waals surface area contributed by atoms with Crippen LogP contribution in [0.2, 0.25) is 0 Å². The summed E-state index contributed by atoms with van der Waals surface area (Å²) in [5.74, 6) is 0.835. The highest BCUT2D eigenvalue weighted by Gasteiger charge is 2.31. The summed E-state index contributed by atoms with van der Waals surface area (Å²) < 4.78 is 1.13. The van der Waals surface area contributed by atoms with E-state index in [4.69, 9.17) is 5.73 Å². The van der Waals surface area contributed by atoms with Gasteiger partial charge in [-0.25, -0.2) is 0 Å². The largest absolute Gasteiger partial charge is 0.329 e. The summed E-state index contributed by atoms with van der Waals surface area (Å²) in [7, 11) is 0. The van der Waals surface area contributed by atoms with Gasteiger partial charge in [0.15, 0.2) is 0 Å². The number of nitrogens with zero attached hydrogens (tertiary/aromatic N) is 1. The van der Waals surface area contributed by atoms with Crippen molar-refractivity contribution in [3.05, 3.63) is 34.3 Å². The zero-order valence-corrected chi connectivity index (χ0v) is 14.5. The van der Waals surface area contributed by atoms with Crippen LogP contribution in [0.4, 0.5) is 0 Å². The van der Waals surface area contributed by atoms with Gasteiger partial charge in [-0.2, -0.15) is 0 Å². The van der Waals surface area contributed by atoms with E-state index in [1.165, 1.54) is 31.5 Å². The first kappa shape index (κ1) is 16.0. The van der Waals surface area contributed by atoms with E-state index in [0.29, 0.717) is 18.0 Å². The first-order valence-electron chi connectivity index (χ1n) is 7.61. The summed E-state index contributed by atoms with van der Waals surface area (Å²) in [6, 6.07) is 8.97. The van der Waals surface area contributed by atoms with Gasteiger partial charge in [-0.3, -0.25) is 4.90 Å². The molecule has 0 aromatic heterocycles. The molecule has 1 saturated heterocycles. The van der Waals surface area contributed by atoms with E-state index in [1.807, 2.05) is 0 Å². The van der Waals surface area contributed by atoms with Gasteiger partial charge in [0.1, 0.15) is 0 Å². The molecular formula is C17H27BrN2. The van der Waals surface area contributed by atoms with Crippen LogP contribution in [-0.4, -0.2) is 24.5 Å². The van der Waals surface area contributed by atoms with E-state index in [1.54, 1.807) is 0 Å². The molecule has 0 radical (unpaired) electrons. The third-order valence-corrected chi connectivity index (χ3v) is 5.20. The Balaban J connectivity index is 2.02. The Labute approximate surface area is 131 Å². The second kappa shape index (κ2) is 6.59. The SMILES string of the molecule is CC(C)(C)C1CCN(C(CN)c2ccc(Br)cc2)CC1. The number of hydrogen-bond acceptors (Lipinski definition) is 2. The highest BCUT2D eigenvalue weighted by molar-refractivity contribution is 9.10. The van der Waals surface area contributed by atoms with Crippen LogP contribution in [-0.2, 0) is 0 Å². The Morgan fingerprint density at radius 3 is 2.20 bits per heavy atom. The molecule has 1 aliphatic rings. The summed E-state index contributed by atoms with van der Waals surface area (Å²) in [5.41, 5.74) is 7.81. The third kappa shape index (κ3) is 3.84. The molecule has 1 aromatic rings. The molecule has 0 spiro atoms. The molecule has 1 aromatic carbocycles. The molecule has 1 atom stereocenters. The monoisotopic (exact) mass is 338 g/mol. The molecule has 0 amide bonds. The summed E-state index contributed by atoms with van der Waals surface area (Å²) in [6.45, 7) is 10.1. The van der Waals surface area contributed by atoms with Crippen LogP contribution in [0.5, 0.6) is 0 Å². The van der Waals surface area contributed by atoms with Gasteiger partial charge < -0.3 is 5.73 Å². The van der Waals surface area contributed by atoms with Crippen LogP contribution in [0, 0.1) is 11.3 Å². The molecule has 3 heteroatoms. The van der Waals surface area contributed by atoms with Crippen molar-refractivity contribution in [1.29, 1.82) is 0 Å². The van der Waals surface area contributed by atoms with E-state index >= 15 is 0 Å². The average Bonchev–Trinajstić information content (AvgIpc) is 2.41. The van der Waals surface area contributed by atoms with Gasteiger partial charge in [0, 0.05) is 17.1 Å². The second-order valence-electron chi connectivity index (χ2n) is 6.98. The fraction of sp³-hybridized carbons (Fsp3) is 0.647. The van der Waals surface area contributed by atoms with Crippen molar-refractivity contribution in [2.75, 3.05) is 19.6 Å². The Hall–Kier alpha value is -0.380. The molecule has 1 heterocycles. The van der Waals surface area contributed by atoms with Crippen LogP contribution in [0.3, 0.4) is 0 Å². The van der Waals surface area contributed by atoms with Gasteiger partial charge >= 0.3 is 0 Å². The van der Waals surface area contributed by atoms with Gasteiger partial charge in [-0.05, 0) is 55.0 Å². The lowest BCUT2D eigenvalue weighted by atomic mass is 9.75. The molecule has 1 aliphatic heterocycles. The molecule has 1 fully saturated rings.